The summed E-state index contributed by atoms with van der Waals surface area (Å²) in [6.07, 6.45) is 7.22. The number of hydrogen-bond acceptors (Lipinski definition) is 6. The second kappa shape index (κ2) is 6.91. The van der Waals surface area contributed by atoms with Gasteiger partial charge in [-0.3, -0.25) is 4.79 Å². The smallest absolute Gasteiger partial charge is 0.302 e. The lowest BCUT2D eigenvalue weighted by Crippen LogP contribution is -2.63. The summed E-state index contributed by atoms with van der Waals surface area (Å²) in [7, 11) is 0. The molecule has 31 heavy (non-hydrogen) atoms. The van der Waals surface area contributed by atoms with E-state index in [0.717, 1.165) is 44.9 Å². The van der Waals surface area contributed by atoms with Gasteiger partial charge in [-0.1, -0.05) is 13.8 Å². The van der Waals surface area contributed by atoms with Gasteiger partial charge in [0.15, 0.2) is 0 Å². The summed E-state index contributed by atoms with van der Waals surface area (Å²) in [5.74, 6) is 1.54. The van der Waals surface area contributed by atoms with Crippen LogP contribution in [-0.4, -0.2) is 51.4 Å². The minimum Gasteiger partial charge on any atom is -0.462 e. The van der Waals surface area contributed by atoms with Crippen LogP contribution in [0, 0.1) is 34.5 Å². The van der Waals surface area contributed by atoms with Crippen molar-refractivity contribution in [3.05, 3.63) is 0 Å². The highest BCUT2D eigenvalue weighted by Gasteiger charge is 2.66. The first-order valence-electron chi connectivity index (χ1n) is 12.4. The van der Waals surface area contributed by atoms with Crippen LogP contribution in [0.1, 0.15) is 86.0 Å². The van der Waals surface area contributed by atoms with Crippen molar-refractivity contribution in [3.8, 4) is 0 Å². The molecular formula is C25H41NO5. The summed E-state index contributed by atoms with van der Waals surface area (Å²) >= 11 is 0. The van der Waals surface area contributed by atoms with Crippen LogP contribution in [-0.2, 0) is 14.3 Å². The van der Waals surface area contributed by atoms with E-state index in [9.17, 15) is 15.1 Å². The number of aliphatic hydroxyl groups excluding tert-OH is 1. The Kier molecular flexibility index (Phi) is 4.93. The lowest BCUT2D eigenvalue weighted by atomic mass is 9.44. The number of nitrogens with zero attached hydrogens (tertiary/aromatic N) is 1. The van der Waals surface area contributed by atoms with Gasteiger partial charge < -0.3 is 19.8 Å². The zero-order valence-corrected chi connectivity index (χ0v) is 19.9. The molecule has 1 spiro atoms. The van der Waals surface area contributed by atoms with E-state index in [1.54, 1.807) is 0 Å². The van der Waals surface area contributed by atoms with E-state index in [1.807, 2.05) is 13.8 Å². The van der Waals surface area contributed by atoms with E-state index >= 15 is 0 Å². The van der Waals surface area contributed by atoms with Crippen LogP contribution in [0.4, 0.5) is 0 Å². The van der Waals surface area contributed by atoms with Crippen LogP contribution in [0.5, 0.6) is 0 Å². The minimum absolute atomic E-state index is 0.0188. The highest BCUT2D eigenvalue weighted by molar-refractivity contribution is 5.66. The molecule has 6 nitrogen and oxygen atoms in total. The average Bonchev–Trinajstić information content (AvgIpc) is 3.13. The fourth-order valence-corrected chi connectivity index (χ4v) is 8.90. The van der Waals surface area contributed by atoms with Crippen molar-refractivity contribution in [2.24, 2.45) is 34.5 Å². The molecule has 1 saturated heterocycles. The quantitative estimate of drug-likeness (QED) is 0.603. The lowest BCUT2D eigenvalue weighted by molar-refractivity contribution is -0.292. The maximum atomic E-state index is 11.7. The predicted octanol–water partition coefficient (Wildman–Crippen LogP) is 4.13. The molecule has 0 aromatic rings. The number of esters is 1. The van der Waals surface area contributed by atoms with Gasteiger partial charge in [0, 0.05) is 12.3 Å². The van der Waals surface area contributed by atoms with Crippen LogP contribution in [0.15, 0.2) is 0 Å². The van der Waals surface area contributed by atoms with Gasteiger partial charge in [-0.15, -0.1) is 0 Å². The number of fused-ring (bicyclic) bond motifs is 5. The van der Waals surface area contributed by atoms with Gasteiger partial charge in [-0.05, 0) is 94.3 Å². The zero-order valence-electron chi connectivity index (χ0n) is 19.9. The largest absolute Gasteiger partial charge is 0.462 e. The van der Waals surface area contributed by atoms with Crippen molar-refractivity contribution in [1.82, 2.24) is 5.06 Å². The molecule has 5 fully saturated rings. The molecule has 176 valence electrons. The Bertz CT molecular complexity index is 756. The number of hydroxylamine groups is 2. The third kappa shape index (κ3) is 3.00. The number of ether oxygens (including phenoxy) is 2. The molecule has 5 rings (SSSR count). The van der Waals surface area contributed by atoms with Crippen molar-refractivity contribution in [1.29, 1.82) is 0 Å². The van der Waals surface area contributed by atoms with E-state index < -0.39 is 11.3 Å². The molecule has 0 aromatic heterocycles. The third-order valence-electron chi connectivity index (χ3n) is 10.6. The van der Waals surface area contributed by atoms with Gasteiger partial charge in [0.2, 0.25) is 0 Å². The predicted molar refractivity (Wildman–Crippen MR) is 115 cm³/mol. The first-order chi connectivity index (χ1) is 14.4. The molecule has 0 bridgehead atoms. The molecule has 0 aromatic carbocycles. The van der Waals surface area contributed by atoms with Gasteiger partial charge in [-0.2, -0.15) is 5.06 Å². The van der Waals surface area contributed by atoms with E-state index in [1.165, 1.54) is 12.0 Å². The first kappa shape index (κ1) is 22.1. The van der Waals surface area contributed by atoms with Crippen molar-refractivity contribution in [3.63, 3.8) is 0 Å². The molecule has 0 unspecified atom stereocenters. The van der Waals surface area contributed by atoms with E-state index in [0.29, 0.717) is 30.8 Å². The van der Waals surface area contributed by atoms with Gasteiger partial charge >= 0.3 is 5.97 Å². The van der Waals surface area contributed by atoms with E-state index in [4.69, 9.17) is 9.47 Å². The SMILES string of the molecule is CC(=O)O[C@H]1CC[C@H]2[C@@H]3C[C@H](O)[C@@H]4C[C@]5(CC[C@]4(C)[C@H]3CC[C@]12C)OCC(C)(C)N5O. The van der Waals surface area contributed by atoms with Crippen LogP contribution in [0.25, 0.3) is 0 Å². The molecule has 2 N–H and O–H groups in total. The standard InChI is InChI=1S/C25H41NO5/c1-15(27)31-21-7-6-17-16-12-20(28)19-13-25(26(29)22(2,3)14-30-25)11-10-23(19,4)18(16)8-9-24(17,21)5/h16-21,28-29H,6-14H2,1-5H3/t16-,17-,18-,19-,20-,21-,23+,24-,25-/m0/s1. The van der Waals surface area contributed by atoms with Crippen molar-refractivity contribution < 1.29 is 24.6 Å². The summed E-state index contributed by atoms with van der Waals surface area (Å²) < 4.78 is 12.0. The number of aliphatic hydroxyl groups is 1. The molecular weight excluding hydrogens is 394 g/mol. The Morgan fingerprint density at radius 2 is 1.71 bits per heavy atom. The Hall–Kier alpha value is -0.690. The summed E-state index contributed by atoms with van der Waals surface area (Å²) in [5.41, 5.74) is -0.950. The summed E-state index contributed by atoms with van der Waals surface area (Å²) in [5, 5.41) is 23.9. The Morgan fingerprint density at radius 3 is 2.35 bits per heavy atom. The van der Waals surface area contributed by atoms with Crippen LogP contribution < -0.4 is 0 Å². The Balaban J connectivity index is 1.40. The van der Waals surface area contributed by atoms with Gasteiger partial charge in [0.1, 0.15) is 11.8 Å². The Morgan fingerprint density at radius 1 is 1.00 bits per heavy atom. The highest BCUT2D eigenvalue weighted by Crippen LogP contribution is 2.68. The Labute approximate surface area is 186 Å². The van der Waals surface area contributed by atoms with Gasteiger partial charge in [-0.25, -0.2) is 0 Å². The van der Waals surface area contributed by atoms with Crippen molar-refractivity contribution in [2.75, 3.05) is 6.61 Å². The van der Waals surface area contributed by atoms with Crippen molar-refractivity contribution in [2.45, 2.75) is 109 Å². The molecule has 5 aliphatic rings. The molecule has 9 atom stereocenters. The molecule has 4 saturated carbocycles. The molecule has 6 heteroatoms. The normalized spacial score (nSPS) is 53.6. The van der Waals surface area contributed by atoms with Crippen LogP contribution in [0.2, 0.25) is 0 Å². The monoisotopic (exact) mass is 435 g/mol. The number of carbonyl (C=O) groups excluding carboxylic acids is 1. The van der Waals surface area contributed by atoms with Crippen LogP contribution >= 0.6 is 0 Å². The number of carbonyl (C=O) groups is 1. The van der Waals surface area contributed by atoms with Gasteiger partial charge in [0.25, 0.3) is 0 Å². The van der Waals surface area contributed by atoms with E-state index in [-0.39, 0.29) is 34.9 Å². The van der Waals surface area contributed by atoms with Crippen LogP contribution in [0.3, 0.4) is 0 Å². The summed E-state index contributed by atoms with van der Waals surface area (Å²) in [6, 6.07) is 0. The summed E-state index contributed by atoms with van der Waals surface area (Å²) in [4.78, 5) is 11.7. The maximum absolute atomic E-state index is 11.7. The highest BCUT2D eigenvalue weighted by atomic mass is 16.6. The first-order valence-corrected chi connectivity index (χ1v) is 12.4. The molecule has 1 heterocycles. The fourth-order valence-electron chi connectivity index (χ4n) is 8.90. The average molecular weight is 436 g/mol. The molecule has 1 aliphatic heterocycles. The fraction of sp³-hybridized carbons (Fsp3) is 0.960. The second-order valence-corrected chi connectivity index (χ2v) is 12.6. The third-order valence-corrected chi connectivity index (χ3v) is 10.6. The second-order valence-electron chi connectivity index (χ2n) is 12.6. The summed E-state index contributed by atoms with van der Waals surface area (Å²) in [6.45, 7) is 10.8. The molecule has 4 aliphatic carbocycles. The minimum atomic E-state index is -0.654. The van der Waals surface area contributed by atoms with Gasteiger partial charge in [0.05, 0.1) is 18.2 Å². The maximum Gasteiger partial charge on any atom is 0.302 e. The number of rotatable bonds is 1. The van der Waals surface area contributed by atoms with E-state index in [2.05, 4.69) is 13.8 Å². The lowest BCUT2D eigenvalue weighted by Gasteiger charge is -2.63. The zero-order chi connectivity index (χ0) is 22.4. The number of hydrogen-bond donors (Lipinski definition) is 2. The topological polar surface area (TPSA) is 79.2 Å². The molecule has 0 radical (unpaired) electrons. The van der Waals surface area contributed by atoms with Crippen molar-refractivity contribution >= 4 is 5.97 Å². The molecule has 0 amide bonds.